The highest BCUT2D eigenvalue weighted by atomic mass is 79.9. The van der Waals surface area contributed by atoms with Gasteiger partial charge in [-0.15, -0.1) is 0 Å². The Bertz CT molecular complexity index is 534. The molecule has 0 bridgehead atoms. The fourth-order valence-electron chi connectivity index (χ4n) is 2.19. The van der Waals surface area contributed by atoms with E-state index in [0.717, 1.165) is 30.5 Å². The molecule has 1 aromatic heterocycles. The van der Waals surface area contributed by atoms with Gasteiger partial charge in [-0.05, 0) is 24.6 Å². The molecule has 3 nitrogen and oxygen atoms in total. The lowest BCUT2D eigenvalue weighted by Gasteiger charge is -2.09. The normalized spacial score (nSPS) is 10.9. The molecular formula is C15H20BrN3. The van der Waals surface area contributed by atoms with E-state index in [9.17, 15) is 0 Å². The second-order valence-electron chi connectivity index (χ2n) is 4.50. The van der Waals surface area contributed by atoms with E-state index in [1.807, 2.05) is 12.3 Å². The average Bonchev–Trinajstić information content (AvgIpc) is 2.81. The van der Waals surface area contributed by atoms with E-state index in [4.69, 9.17) is 0 Å². The van der Waals surface area contributed by atoms with Gasteiger partial charge in [0, 0.05) is 22.3 Å². The summed E-state index contributed by atoms with van der Waals surface area (Å²) in [5, 5.41) is 7.90. The smallest absolute Gasteiger partial charge is 0.0673 e. The maximum Gasteiger partial charge on any atom is 0.0673 e. The Hall–Kier alpha value is -1.13. The van der Waals surface area contributed by atoms with E-state index >= 15 is 0 Å². The molecule has 0 aliphatic heterocycles. The molecule has 0 aliphatic rings. The summed E-state index contributed by atoms with van der Waals surface area (Å²) in [4.78, 5) is 0. The summed E-state index contributed by atoms with van der Waals surface area (Å²) in [5.74, 6) is 0. The predicted molar refractivity (Wildman–Crippen MR) is 82.2 cm³/mol. The molecule has 1 N–H and O–H groups in total. The molecule has 1 heterocycles. The maximum absolute atomic E-state index is 4.53. The Morgan fingerprint density at radius 3 is 2.68 bits per heavy atom. The van der Waals surface area contributed by atoms with Crippen molar-refractivity contribution in [2.45, 2.75) is 33.4 Å². The number of nitrogens with one attached hydrogen (secondary N) is 1. The summed E-state index contributed by atoms with van der Waals surface area (Å²) in [6.45, 7) is 7.01. The highest BCUT2D eigenvalue weighted by molar-refractivity contribution is 9.10. The summed E-state index contributed by atoms with van der Waals surface area (Å²) in [7, 11) is 0. The zero-order chi connectivity index (χ0) is 13.7. The third-order valence-corrected chi connectivity index (χ3v) is 3.99. The van der Waals surface area contributed by atoms with Crippen molar-refractivity contribution in [1.82, 2.24) is 15.1 Å². The van der Waals surface area contributed by atoms with E-state index in [-0.39, 0.29) is 0 Å². The third kappa shape index (κ3) is 3.45. The number of halogens is 1. The quantitative estimate of drug-likeness (QED) is 0.884. The molecule has 19 heavy (non-hydrogen) atoms. The summed E-state index contributed by atoms with van der Waals surface area (Å²) in [5.41, 5.74) is 3.88. The van der Waals surface area contributed by atoms with Crippen molar-refractivity contribution >= 4 is 15.9 Å². The van der Waals surface area contributed by atoms with Crippen LogP contribution >= 0.6 is 15.9 Å². The second kappa shape index (κ2) is 6.87. The van der Waals surface area contributed by atoms with Crippen LogP contribution in [0.4, 0.5) is 0 Å². The van der Waals surface area contributed by atoms with Gasteiger partial charge < -0.3 is 5.32 Å². The molecule has 0 atom stereocenters. The van der Waals surface area contributed by atoms with Crippen molar-refractivity contribution in [3.05, 3.63) is 51.8 Å². The first-order valence-corrected chi connectivity index (χ1v) is 7.53. The van der Waals surface area contributed by atoms with Gasteiger partial charge in [0.1, 0.15) is 0 Å². The van der Waals surface area contributed by atoms with E-state index < -0.39 is 0 Å². The van der Waals surface area contributed by atoms with Crippen LogP contribution < -0.4 is 5.32 Å². The minimum absolute atomic E-state index is 0.816. The number of hydrogen-bond donors (Lipinski definition) is 1. The van der Waals surface area contributed by atoms with Gasteiger partial charge in [0.05, 0.1) is 12.7 Å². The van der Waals surface area contributed by atoms with Crippen LogP contribution in [0, 0.1) is 0 Å². The van der Waals surface area contributed by atoms with Crippen LogP contribution in [0.15, 0.2) is 34.9 Å². The lowest BCUT2D eigenvalue weighted by Crippen LogP contribution is -2.14. The number of rotatable bonds is 6. The molecule has 4 heteroatoms. The van der Waals surface area contributed by atoms with E-state index in [0.29, 0.717) is 0 Å². The van der Waals surface area contributed by atoms with E-state index in [2.05, 4.69) is 63.1 Å². The molecule has 0 saturated carbocycles. The molecule has 0 aliphatic carbocycles. The van der Waals surface area contributed by atoms with Crippen molar-refractivity contribution in [3.63, 3.8) is 0 Å². The van der Waals surface area contributed by atoms with Gasteiger partial charge in [-0.3, -0.25) is 4.68 Å². The van der Waals surface area contributed by atoms with Gasteiger partial charge in [-0.25, -0.2) is 0 Å². The van der Waals surface area contributed by atoms with Crippen molar-refractivity contribution < 1.29 is 0 Å². The molecule has 0 unspecified atom stereocenters. The number of nitrogens with zero attached hydrogens (tertiary/aromatic N) is 2. The molecule has 0 radical (unpaired) electrons. The largest absolute Gasteiger partial charge is 0.313 e. The first kappa shape index (κ1) is 14.3. The summed E-state index contributed by atoms with van der Waals surface area (Å²) >= 11 is 3.60. The minimum Gasteiger partial charge on any atom is -0.313 e. The first-order chi connectivity index (χ1) is 9.26. The van der Waals surface area contributed by atoms with Gasteiger partial charge in [-0.1, -0.05) is 48.0 Å². The Balaban J connectivity index is 2.21. The van der Waals surface area contributed by atoms with Crippen LogP contribution in [-0.4, -0.2) is 16.3 Å². The van der Waals surface area contributed by atoms with Gasteiger partial charge >= 0.3 is 0 Å². The van der Waals surface area contributed by atoms with Crippen LogP contribution in [0.3, 0.4) is 0 Å². The monoisotopic (exact) mass is 321 g/mol. The van der Waals surface area contributed by atoms with Crippen LogP contribution in [0.25, 0.3) is 0 Å². The highest BCUT2D eigenvalue weighted by Gasteiger charge is 2.10. The standard InChI is InChI=1S/C15H20BrN3/c1-3-15-13(9-17-4-2)10-18-19(15)11-12-7-5-6-8-14(12)16/h5-8,10,17H,3-4,9,11H2,1-2H3. The SMILES string of the molecule is CCNCc1cnn(Cc2ccccc2Br)c1CC. The average molecular weight is 322 g/mol. The second-order valence-corrected chi connectivity index (χ2v) is 5.35. The molecule has 0 fully saturated rings. The van der Waals surface area contributed by atoms with Gasteiger partial charge in [0.2, 0.25) is 0 Å². The molecule has 102 valence electrons. The fraction of sp³-hybridized carbons (Fsp3) is 0.400. The van der Waals surface area contributed by atoms with Crippen molar-refractivity contribution in [3.8, 4) is 0 Å². The van der Waals surface area contributed by atoms with Gasteiger partial charge in [0.25, 0.3) is 0 Å². The molecule has 2 rings (SSSR count). The summed E-state index contributed by atoms with van der Waals surface area (Å²) < 4.78 is 3.24. The van der Waals surface area contributed by atoms with Gasteiger partial charge in [0.15, 0.2) is 0 Å². The first-order valence-electron chi connectivity index (χ1n) is 6.74. The Morgan fingerprint density at radius 2 is 2.00 bits per heavy atom. The third-order valence-electron chi connectivity index (χ3n) is 3.21. The predicted octanol–water partition coefficient (Wildman–Crippen LogP) is 3.37. The molecule has 0 saturated heterocycles. The molecular weight excluding hydrogens is 302 g/mol. The zero-order valence-corrected chi connectivity index (χ0v) is 13.1. The maximum atomic E-state index is 4.53. The van der Waals surface area contributed by atoms with Crippen molar-refractivity contribution in [1.29, 1.82) is 0 Å². The van der Waals surface area contributed by atoms with Crippen molar-refractivity contribution in [2.75, 3.05) is 6.54 Å². The van der Waals surface area contributed by atoms with Crippen LogP contribution in [0.1, 0.15) is 30.7 Å². The number of aromatic nitrogens is 2. The highest BCUT2D eigenvalue weighted by Crippen LogP contribution is 2.19. The zero-order valence-electron chi connectivity index (χ0n) is 11.5. The van der Waals surface area contributed by atoms with Crippen LogP contribution in [-0.2, 0) is 19.5 Å². The van der Waals surface area contributed by atoms with Crippen LogP contribution in [0.5, 0.6) is 0 Å². The Kier molecular flexibility index (Phi) is 5.16. The molecule has 0 amide bonds. The topological polar surface area (TPSA) is 29.9 Å². The lowest BCUT2D eigenvalue weighted by atomic mass is 10.2. The van der Waals surface area contributed by atoms with Crippen molar-refractivity contribution in [2.24, 2.45) is 0 Å². The molecule has 1 aromatic carbocycles. The summed E-state index contributed by atoms with van der Waals surface area (Å²) in [6.07, 6.45) is 2.99. The number of benzene rings is 1. The fourth-order valence-corrected chi connectivity index (χ4v) is 2.60. The number of hydrogen-bond acceptors (Lipinski definition) is 2. The minimum atomic E-state index is 0.816. The molecule has 0 spiro atoms. The Morgan fingerprint density at radius 1 is 1.21 bits per heavy atom. The van der Waals surface area contributed by atoms with Gasteiger partial charge in [-0.2, -0.15) is 5.10 Å². The van der Waals surface area contributed by atoms with Crippen LogP contribution in [0.2, 0.25) is 0 Å². The molecule has 2 aromatic rings. The van der Waals surface area contributed by atoms with E-state index in [1.165, 1.54) is 16.8 Å². The Labute approximate surface area is 123 Å². The lowest BCUT2D eigenvalue weighted by molar-refractivity contribution is 0.641. The summed E-state index contributed by atoms with van der Waals surface area (Å²) in [6, 6.07) is 8.31. The van der Waals surface area contributed by atoms with E-state index in [1.54, 1.807) is 0 Å².